The fourth-order valence-electron chi connectivity index (χ4n) is 7.56. The number of aromatic amines is 1. The fraction of sp³-hybridized carbons (Fsp3) is 0.353. The number of fused-ring (bicyclic) bond motifs is 5. The highest BCUT2D eigenvalue weighted by Gasteiger charge is 2.47. The van der Waals surface area contributed by atoms with Crippen molar-refractivity contribution in [3.05, 3.63) is 60.4 Å². The van der Waals surface area contributed by atoms with Crippen LogP contribution in [0.4, 0.5) is 0 Å². The standard InChI is InChI=1S/C34H34N8O2/c1-40-30-25(12-22(14-28(30)44-2)34(43)42-17-21-6-8-26(42)29(21)35)39-33(40)27-13-20-5-7-24(38-32(20)41(27)16-18-3-4-18)23-11-19-9-10-36-31(19)37-15-23/h5,7,9-15,18,21,26,29H,3-4,6,8,16-17,35H2,1-2H3,(H,36,37)/t21-,26-,29-/m1/s1. The number of benzene rings is 1. The van der Waals surface area contributed by atoms with Gasteiger partial charge in [0.25, 0.3) is 5.91 Å². The number of rotatable bonds is 6. The fourth-order valence-corrected chi connectivity index (χ4v) is 7.56. The Labute approximate surface area is 253 Å². The summed E-state index contributed by atoms with van der Waals surface area (Å²) in [7, 11) is 3.67. The molecule has 6 heterocycles. The Balaban J connectivity index is 1.16. The van der Waals surface area contributed by atoms with Gasteiger partial charge in [-0.15, -0.1) is 0 Å². The molecule has 9 rings (SSSR count). The summed E-state index contributed by atoms with van der Waals surface area (Å²) >= 11 is 0. The lowest BCUT2D eigenvalue weighted by atomic mass is 10.1. The molecule has 2 bridgehead atoms. The van der Waals surface area contributed by atoms with Crippen molar-refractivity contribution in [2.75, 3.05) is 13.7 Å². The molecule has 222 valence electrons. The van der Waals surface area contributed by atoms with Gasteiger partial charge in [-0.25, -0.2) is 15.0 Å². The minimum absolute atomic E-state index is 0.00643. The second-order valence-corrected chi connectivity index (χ2v) is 12.8. The zero-order chi connectivity index (χ0) is 29.7. The SMILES string of the molecule is COc1cc(C(=O)N2C[C@H]3CC[C@@H]2[C@@H]3N)cc2nc(-c3cc4ccc(-c5cnc6[nH]ccc6c5)nc4n3CC3CC3)n(C)c12. The average molecular weight is 587 g/mol. The monoisotopic (exact) mass is 586 g/mol. The first-order valence-electron chi connectivity index (χ1n) is 15.5. The maximum absolute atomic E-state index is 13.7. The normalized spacial score (nSPS) is 21.3. The number of piperidine rings is 1. The molecule has 0 spiro atoms. The quantitative estimate of drug-likeness (QED) is 0.280. The summed E-state index contributed by atoms with van der Waals surface area (Å²) in [6, 6.07) is 14.5. The lowest BCUT2D eigenvalue weighted by molar-refractivity contribution is 0.0700. The molecule has 5 aromatic heterocycles. The number of aromatic nitrogens is 6. The second kappa shape index (κ2) is 9.40. The Morgan fingerprint density at radius 2 is 1.95 bits per heavy atom. The first-order chi connectivity index (χ1) is 21.5. The maximum atomic E-state index is 13.7. The van der Waals surface area contributed by atoms with Crippen LogP contribution in [-0.4, -0.2) is 65.6 Å². The van der Waals surface area contributed by atoms with Gasteiger partial charge >= 0.3 is 0 Å². The van der Waals surface area contributed by atoms with Gasteiger partial charge < -0.3 is 29.5 Å². The van der Waals surface area contributed by atoms with Crippen LogP contribution in [0.1, 0.15) is 36.0 Å². The number of carbonyl (C=O) groups excluding carboxylic acids is 1. The third kappa shape index (κ3) is 3.83. The van der Waals surface area contributed by atoms with Gasteiger partial charge in [-0.3, -0.25) is 4.79 Å². The maximum Gasteiger partial charge on any atom is 0.254 e. The first kappa shape index (κ1) is 25.8. The van der Waals surface area contributed by atoms with Crippen molar-refractivity contribution in [2.24, 2.45) is 24.6 Å². The number of nitrogens with two attached hydrogens (primary N) is 1. The van der Waals surface area contributed by atoms with Crippen molar-refractivity contribution < 1.29 is 9.53 Å². The Bertz CT molecular complexity index is 2120. The average Bonchev–Trinajstić information content (AvgIpc) is 3.34. The van der Waals surface area contributed by atoms with Gasteiger partial charge in [-0.05, 0) is 80.0 Å². The molecule has 44 heavy (non-hydrogen) atoms. The van der Waals surface area contributed by atoms with Gasteiger partial charge in [0.05, 0.1) is 24.0 Å². The highest BCUT2D eigenvalue weighted by atomic mass is 16.5. The molecule has 10 heteroatoms. The zero-order valence-corrected chi connectivity index (χ0v) is 24.8. The Morgan fingerprint density at radius 3 is 2.73 bits per heavy atom. The number of imidazole rings is 1. The number of likely N-dealkylation sites (tertiary alicyclic amines) is 1. The van der Waals surface area contributed by atoms with Gasteiger partial charge in [-0.1, -0.05) is 0 Å². The molecule has 1 saturated heterocycles. The van der Waals surface area contributed by atoms with E-state index >= 15 is 0 Å². The van der Waals surface area contributed by atoms with Crippen molar-refractivity contribution in [1.29, 1.82) is 0 Å². The molecule has 1 aromatic carbocycles. The summed E-state index contributed by atoms with van der Waals surface area (Å²) < 4.78 is 10.3. The summed E-state index contributed by atoms with van der Waals surface area (Å²) in [6.07, 6.45) is 8.30. The molecule has 1 amide bonds. The molecule has 3 aliphatic rings. The van der Waals surface area contributed by atoms with Crippen LogP contribution >= 0.6 is 0 Å². The topological polar surface area (TPSA) is 120 Å². The number of pyridine rings is 2. The zero-order valence-electron chi connectivity index (χ0n) is 24.8. The van der Waals surface area contributed by atoms with Crippen molar-refractivity contribution in [1.82, 2.24) is 34.0 Å². The third-order valence-corrected chi connectivity index (χ3v) is 10.1. The van der Waals surface area contributed by atoms with E-state index in [9.17, 15) is 4.79 Å². The molecule has 2 saturated carbocycles. The second-order valence-electron chi connectivity index (χ2n) is 12.8. The largest absolute Gasteiger partial charge is 0.494 e. The summed E-state index contributed by atoms with van der Waals surface area (Å²) in [4.78, 5) is 33.7. The van der Waals surface area contributed by atoms with Crippen LogP contribution in [0, 0.1) is 11.8 Å². The minimum atomic E-state index is 0.00643. The molecule has 3 N–H and O–H groups in total. The van der Waals surface area contributed by atoms with Crippen molar-refractivity contribution in [2.45, 2.75) is 44.3 Å². The van der Waals surface area contributed by atoms with Crippen LogP contribution in [0.25, 0.3) is 55.9 Å². The van der Waals surface area contributed by atoms with Gasteiger partial charge in [0.15, 0.2) is 5.82 Å². The lowest BCUT2D eigenvalue weighted by Gasteiger charge is -2.27. The number of nitrogens with zero attached hydrogens (tertiary/aromatic N) is 6. The highest BCUT2D eigenvalue weighted by Crippen LogP contribution is 2.40. The highest BCUT2D eigenvalue weighted by molar-refractivity contribution is 6.00. The Morgan fingerprint density at radius 1 is 1.07 bits per heavy atom. The van der Waals surface area contributed by atoms with E-state index in [4.69, 9.17) is 20.4 Å². The predicted octanol–water partition coefficient (Wildman–Crippen LogP) is 5.11. The molecule has 3 fully saturated rings. The summed E-state index contributed by atoms with van der Waals surface area (Å²) in [5.74, 6) is 2.49. The number of ether oxygens (including phenoxy) is 1. The molecule has 6 aromatic rings. The number of hydrogen-bond donors (Lipinski definition) is 2. The summed E-state index contributed by atoms with van der Waals surface area (Å²) in [5.41, 5.74) is 13.3. The molecule has 1 aliphatic heterocycles. The van der Waals surface area contributed by atoms with Gasteiger partial charge in [0, 0.05) is 66.5 Å². The van der Waals surface area contributed by atoms with Crippen molar-refractivity contribution >= 4 is 39.0 Å². The predicted molar refractivity (Wildman–Crippen MR) is 169 cm³/mol. The van der Waals surface area contributed by atoms with Crippen LogP contribution in [0.3, 0.4) is 0 Å². The van der Waals surface area contributed by atoms with E-state index in [2.05, 4.69) is 43.4 Å². The first-order valence-corrected chi connectivity index (χ1v) is 15.5. The van der Waals surface area contributed by atoms with Crippen LogP contribution in [0.5, 0.6) is 5.75 Å². The van der Waals surface area contributed by atoms with E-state index in [0.29, 0.717) is 23.1 Å². The lowest BCUT2D eigenvalue weighted by Crippen LogP contribution is -2.41. The molecular weight excluding hydrogens is 552 g/mol. The Hall–Kier alpha value is -4.70. The number of carbonyl (C=O) groups is 1. The molecule has 10 nitrogen and oxygen atoms in total. The van der Waals surface area contributed by atoms with E-state index in [1.165, 1.54) is 12.8 Å². The molecular formula is C34H34N8O2. The Kier molecular flexibility index (Phi) is 5.50. The number of H-pyrrole nitrogens is 1. The number of aryl methyl sites for hydroxylation is 1. The molecule has 0 unspecified atom stereocenters. The number of amides is 1. The van der Waals surface area contributed by atoms with Gasteiger partial charge in [0.2, 0.25) is 0 Å². The number of methoxy groups -OCH3 is 1. The smallest absolute Gasteiger partial charge is 0.254 e. The summed E-state index contributed by atoms with van der Waals surface area (Å²) in [5, 5.41) is 2.13. The third-order valence-electron chi connectivity index (χ3n) is 10.1. The molecule has 3 atom stereocenters. The number of nitrogens with one attached hydrogen (secondary N) is 1. The minimum Gasteiger partial charge on any atom is -0.494 e. The van der Waals surface area contributed by atoms with E-state index in [0.717, 1.165) is 81.8 Å². The van der Waals surface area contributed by atoms with E-state index in [1.807, 2.05) is 42.5 Å². The summed E-state index contributed by atoms with van der Waals surface area (Å²) in [6.45, 7) is 1.61. The molecule has 2 aliphatic carbocycles. The number of hydrogen-bond acceptors (Lipinski definition) is 6. The van der Waals surface area contributed by atoms with Crippen molar-refractivity contribution in [3.63, 3.8) is 0 Å². The van der Waals surface area contributed by atoms with Crippen LogP contribution < -0.4 is 10.5 Å². The van der Waals surface area contributed by atoms with Crippen molar-refractivity contribution in [3.8, 4) is 28.5 Å². The van der Waals surface area contributed by atoms with Gasteiger partial charge in [0.1, 0.15) is 22.6 Å². The van der Waals surface area contributed by atoms with E-state index < -0.39 is 0 Å². The van der Waals surface area contributed by atoms with E-state index in [-0.39, 0.29) is 18.0 Å². The van der Waals surface area contributed by atoms with E-state index in [1.54, 1.807) is 7.11 Å². The van der Waals surface area contributed by atoms with Gasteiger partial charge in [-0.2, -0.15) is 0 Å². The molecule has 0 radical (unpaired) electrons. The van der Waals surface area contributed by atoms with Crippen LogP contribution in [0.2, 0.25) is 0 Å². The van der Waals surface area contributed by atoms with Crippen LogP contribution in [-0.2, 0) is 13.6 Å². The van der Waals surface area contributed by atoms with Crippen LogP contribution in [0.15, 0.2) is 54.9 Å².